The summed E-state index contributed by atoms with van der Waals surface area (Å²) in [5.74, 6) is 0. The summed E-state index contributed by atoms with van der Waals surface area (Å²) in [6.07, 6.45) is 0. The van der Waals surface area contributed by atoms with Crippen LogP contribution >= 0.6 is 0 Å². The minimum absolute atomic E-state index is 0.348. The van der Waals surface area contributed by atoms with Gasteiger partial charge in [-0.25, -0.2) is 4.79 Å². The first-order chi connectivity index (χ1) is 8.15. The molecule has 0 unspecified atom stereocenters. The zero-order chi connectivity index (χ0) is 12.4. The maximum atomic E-state index is 11.3. The Kier molecular flexibility index (Phi) is 3.18. The van der Waals surface area contributed by atoms with Crippen molar-refractivity contribution in [3.63, 3.8) is 0 Å². The molecular weight excluding hydrogens is 214 g/mol. The fourth-order valence-electron chi connectivity index (χ4n) is 2.00. The van der Waals surface area contributed by atoms with Crippen molar-refractivity contribution in [2.45, 2.75) is 13.8 Å². The fourth-order valence-corrected chi connectivity index (χ4v) is 2.00. The molecule has 0 saturated heterocycles. The van der Waals surface area contributed by atoms with E-state index in [1.807, 2.05) is 18.2 Å². The quantitative estimate of drug-likeness (QED) is 0.760. The summed E-state index contributed by atoms with van der Waals surface area (Å²) in [5, 5.41) is 0.889. The Labute approximate surface area is 101 Å². The van der Waals surface area contributed by atoms with Crippen molar-refractivity contribution in [3.05, 3.63) is 47.2 Å². The summed E-state index contributed by atoms with van der Waals surface area (Å²) in [5.41, 5.74) is 2.03. The monoisotopic (exact) mass is 230 g/mol. The van der Waals surface area contributed by atoms with Crippen molar-refractivity contribution >= 4 is 16.7 Å². The molecule has 0 aliphatic heterocycles. The number of nitrogens with zero attached hydrogens (tertiary/aromatic N) is 1. The molecule has 17 heavy (non-hydrogen) atoms. The summed E-state index contributed by atoms with van der Waals surface area (Å²) < 4.78 is 5.20. The van der Waals surface area contributed by atoms with E-state index < -0.39 is 0 Å². The minimum Gasteiger partial charge on any atom is -0.423 e. The van der Waals surface area contributed by atoms with Gasteiger partial charge < -0.3 is 9.32 Å². The van der Waals surface area contributed by atoms with Crippen molar-refractivity contribution in [1.82, 2.24) is 0 Å². The minimum atomic E-state index is -0.348. The lowest BCUT2D eigenvalue weighted by molar-refractivity contribution is 0.560. The molecule has 0 fully saturated rings. The highest BCUT2D eigenvalue weighted by Gasteiger charge is 2.06. The van der Waals surface area contributed by atoms with Crippen LogP contribution in [0.5, 0.6) is 0 Å². The van der Waals surface area contributed by atoms with E-state index in [-0.39, 0.29) is 5.63 Å². The first-order valence-electron chi connectivity index (χ1n) is 5.80. The van der Waals surface area contributed by atoms with Gasteiger partial charge in [0.2, 0.25) is 0 Å². The molecule has 2 rings (SSSR count). The van der Waals surface area contributed by atoms with E-state index in [1.165, 1.54) is 6.07 Å². The van der Waals surface area contributed by atoms with E-state index in [2.05, 4.69) is 25.7 Å². The molecule has 0 saturated carbocycles. The van der Waals surface area contributed by atoms with Crippen LogP contribution in [-0.4, -0.2) is 13.1 Å². The molecule has 0 amide bonds. The Morgan fingerprint density at radius 1 is 1.24 bits per heavy atom. The third kappa shape index (κ3) is 2.18. The molecule has 89 valence electrons. The fraction of sp³-hybridized carbons (Fsp3) is 0.286. The largest absolute Gasteiger partial charge is 0.423 e. The average Bonchev–Trinajstić information content (AvgIpc) is 2.30. The van der Waals surface area contributed by atoms with E-state index in [4.69, 9.17) is 4.42 Å². The van der Waals surface area contributed by atoms with Gasteiger partial charge in [-0.1, -0.05) is 0 Å². The molecular formula is C14H16NO2. The van der Waals surface area contributed by atoms with E-state index >= 15 is 0 Å². The molecule has 0 aliphatic rings. The van der Waals surface area contributed by atoms with Crippen LogP contribution in [0.15, 0.2) is 33.5 Å². The maximum Gasteiger partial charge on any atom is 0.336 e. The van der Waals surface area contributed by atoms with Crippen LogP contribution in [0.25, 0.3) is 11.0 Å². The summed E-state index contributed by atoms with van der Waals surface area (Å²) in [6.45, 7) is 9.90. The van der Waals surface area contributed by atoms with E-state index in [0.29, 0.717) is 11.1 Å². The second-order valence-electron chi connectivity index (χ2n) is 3.94. The van der Waals surface area contributed by atoms with Gasteiger partial charge in [-0.2, -0.15) is 0 Å². The lowest BCUT2D eigenvalue weighted by Gasteiger charge is -2.21. The molecule has 2 aromatic rings. The number of hydrogen-bond donors (Lipinski definition) is 0. The first-order valence-corrected chi connectivity index (χ1v) is 5.80. The Bertz CT molecular complexity index is 582. The van der Waals surface area contributed by atoms with Gasteiger partial charge in [0.05, 0.1) is 0 Å². The molecule has 0 spiro atoms. The van der Waals surface area contributed by atoms with E-state index in [9.17, 15) is 4.79 Å². The predicted molar refractivity (Wildman–Crippen MR) is 70.5 cm³/mol. The van der Waals surface area contributed by atoms with Crippen molar-refractivity contribution in [2.24, 2.45) is 0 Å². The Balaban J connectivity index is 2.61. The van der Waals surface area contributed by atoms with Crippen molar-refractivity contribution in [2.75, 3.05) is 18.0 Å². The van der Waals surface area contributed by atoms with Crippen LogP contribution in [0.4, 0.5) is 5.69 Å². The van der Waals surface area contributed by atoms with Gasteiger partial charge in [0, 0.05) is 36.3 Å². The number of fused-ring (bicyclic) bond motifs is 1. The van der Waals surface area contributed by atoms with Crippen molar-refractivity contribution in [1.29, 1.82) is 0 Å². The Morgan fingerprint density at radius 2 is 1.94 bits per heavy atom. The second kappa shape index (κ2) is 4.62. The van der Waals surface area contributed by atoms with Gasteiger partial charge in [0.25, 0.3) is 0 Å². The highest BCUT2D eigenvalue weighted by Crippen LogP contribution is 2.23. The molecule has 1 heterocycles. The van der Waals surface area contributed by atoms with Gasteiger partial charge in [0.15, 0.2) is 0 Å². The van der Waals surface area contributed by atoms with Crippen molar-refractivity contribution in [3.8, 4) is 0 Å². The first kappa shape index (κ1) is 11.7. The smallest absolute Gasteiger partial charge is 0.336 e. The van der Waals surface area contributed by atoms with Gasteiger partial charge >= 0.3 is 5.63 Å². The van der Waals surface area contributed by atoms with Gasteiger partial charge in [-0.3, -0.25) is 0 Å². The lowest BCUT2D eigenvalue weighted by atomic mass is 10.1. The van der Waals surface area contributed by atoms with Crippen LogP contribution in [0.2, 0.25) is 0 Å². The summed E-state index contributed by atoms with van der Waals surface area (Å²) in [7, 11) is 0. The molecule has 0 aliphatic carbocycles. The third-order valence-electron chi connectivity index (χ3n) is 2.94. The summed E-state index contributed by atoms with van der Waals surface area (Å²) in [6, 6.07) is 7.30. The number of benzene rings is 1. The van der Waals surface area contributed by atoms with Gasteiger partial charge in [-0.15, -0.1) is 0 Å². The number of anilines is 1. The van der Waals surface area contributed by atoms with Crippen molar-refractivity contribution < 1.29 is 4.42 Å². The van der Waals surface area contributed by atoms with Gasteiger partial charge in [-0.05, 0) is 38.5 Å². The molecule has 1 aromatic heterocycles. The Morgan fingerprint density at radius 3 is 2.59 bits per heavy atom. The molecule has 0 atom stereocenters. The lowest BCUT2D eigenvalue weighted by Crippen LogP contribution is -2.21. The predicted octanol–water partition coefficient (Wildman–Crippen LogP) is 2.82. The van der Waals surface area contributed by atoms with E-state index in [0.717, 1.165) is 24.2 Å². The van der Waals surface area contributed by atoms with Crippen LogP contribution in [0.1, 0.15) is 19.4 Å². The number of rotatable bonds is 3. The average molecular weight is 230 g/mol. The molecule has 1 aromatic carbocycles. The normalized spacial score (nSPS) is 10.8. The molecule has 3 nitrogen and oxygen atoms in total. The third-order valence-corrected chi connectivity index (χ3v) is 2.94. The van der Waals surface area contributed by atoms with E-state index in [1.54, 1.807) is 0 Å². The summed E-state index contributed by atoms with van der Waals surface area (Å²) >= 11 is 0. The Hall–Kier alpha value is -1.77. The molecule has 1 radical (unpaired) electrons. The zero-order valence-corrected chi connectivity index (χ0v) is 10.2. The standard InChI is InChI=1S/C14H16NO2/c1-4-15(5-2)11-6-7-12-10(3)8-14(16)17-13(12)9-11/h6-9H,3-5H2,1-2H3. The second-order valence-corrected chi connectivity index (χ2v) is 3.94. The van der Waals surface area contributed by atoms with Crippen LogP contribution in [0, 0.1) is 6.92 Å². The maximum absolute atomic E-state index is 11.3. The molecule has 0 N–H and O–H groups in total. The summed E-state index contributed by atoms with van der Waals surface area (Å²) in [4.78, 5) is 13.5. The van der Waals surface area contributed by atoms with Crippen LogP contribution in [0.3, 0.4) is 0 Å². The zero-order valence-electron chi connectivity index (χ0n) is 10.2. The molecule has 3 heteroatoms. The highest BCUT2D eigenvalue weighted by atomic mass is 16.4. The van der Waals surface area contributed by atoms with Gasteiger partial charge in [0.1, 0.15) is 5.58 Å². The van der Waals surface area contributed by atoms with Crippen LogP contribution < -0.4 is 10.5 Å². The highest BCUT2D eigenvalue weighted by molar-refractivity contribution is 5.84. The number of hydrogen-bond acceptors (Lipinski definition) is 3. The van der Waals surface area contributed by atoms with Crippen LogP contribution in [-0.2, 0) is 0 Å². The molecule has 0 bridgehead atoms. The SMILES string of the molecule is [CH2]c1cc(=O)oc2cc(N(CC)CC)ccc12. The topological polar surface area (TPSA) is 33.5 Å².